The van der Waals surface area contributed by atoms with Crippen LogP contribution >= 0.6 is 0 Å². The average molecular weight is 609 g/mol. The lowest BCUT2D eigenvalue weighted by Gasteiger charge is -2.23. The highest BCUT2D eigenvalue weighted by Crippen LogP contribution is 2.23. The van der Waals surface area contributed by atoms with E-state index in [-0.39, 0.29) is 23.8 Å². The van der Waals surface area contributed by atoms with Gasteiger partial charge < -0.3 is 19.7 Å². The number of methoxy groups -OCH3 is 1. The Morgan fingerprint density at radius 2 is 1.60 bits per heavy atom. The molecule has 0 heterocycles. The van der Waals surface area contributed by atoms with Crippen molar-refractivity contribution in [3.05, 3.63) is 138 Å². The summed E-state index contributed by atoms with van der Waals surface area (Å²) in [6.45, 7) is 4.28. The third kappa shape index (κ3) is 9.13. The van der Waals surface area contributed by atoms with Gasteiger partial charge in [0.25, 0.3) is 0 Å². The van der Waals surface area contributed by atoms with Gasteiger partial charge in [-0.3, -0.25) is 9.59 Å². The molecule has 1 N–H and O–H groups in total. The predicted molar refractivity (Wildman–Crippen MR) is 174 cm³/mol. The summed E-state index contributed by atoms with van der Waals surface area (Å²) in [6.07, 6.45) is 3.23. The molecule has 1 atom stereocenters. The first-order valence-electron chi connectivity index (χ1n) is 14.8. The van der Waals surface area contributed by atoms with Crippen molar-refractivity contribution in [1.82, 2.24) is 0 Å². The Morgan fingerprint density at radius 1 is 0.911 bits per heavy atom. The summed E-state index contributed by atoms with van der Waals surface area (Å²) in [5, 5.41) is 3.21. The molecule has 45 heavy (non-hydrogen) atoms. The molecular weight excluding hydrogens is 571 g/mol. The number of amides is 1. The van der Waals surface area contributed by atoms with Gasteiger partial charge in [-0.1, -0.05) is 72.8 Å². The molecule has 232 valence electrons. The number of allylic oxidation sites excluding steroid dienone is 1. The van der Waals surface area contributed by atoms with Gasteiger partial charge in [0.2, 0.25) is 5.91 Å². The third-order valence-corrected chi connectivity index (χ3v) is 7.19. The number of ketones is 1. The largest absolute Gasteiger partial charge is 0.494 e. The molecule has 0 unspecified atom stereocenters. The lowest BCUT2D eigenvalue weighted by Crippen LogP contribution is -2.33. The number of nitrogens with zero attached hydrogens (tertiary/aromatic N) is 1. The molecule has 0 spiro atoms. The number of benzene rings is 4. The number of para-hydroxylation sites is 2. The van der Waals surface area contributed by atoms with Gasteiger partial charge in [-0.2, -0.15) is 0 Å². The van der Waals surface area contributed by atoms with Crippen molar-refractivity contribution in [2.24, 2.45) is 0 Å². The normalized spacial score (nSPS) is 11.2. The molecule has 0 saturated carbocycles. The van der Waals surface area contributed by atoms with Crippen molar-refractivity contribution >= 4 is 29.0 Å². The van der Waals surface area contributed by atoms with Crippen molar-refractivity contribution in [3.8, 4) is 5.75 Å². The molecule has 1 amide bonds. The Balaban J connectivity index is 1.37. The van der Waals surface area contributed by atoms with Gasteiger partial charge in [0.15, 0.2) is 5.78 Å². The highest BCUT2D eigenvalue weighted by molar-refractivity contribution is 6.12. The summed E-state index contributed by atoms with van der Waals surface area (Å²) < 4.78 is 25.4. The van der Waals surface area contributed by atoms with E-state index in [1.54, 1.807) is 84.9 Å². The lowest BCUT2D eigenvalue weighted by molar-refractivity contribution is -0.141. The fourth-order valence-corrected chi connectivity index (χ4v) is 4.86. The summed E-state index contributed by atoms with van der Waals surface area (Å²) in [5.41, 5.74) is 2.65. The molecule has 0 aliphatic rings. The van der Waals surface area contributed by atoms with Gasteiger partial charge in [0.1, 0.15) is 17.6 Å². The second-order valence-electron chi connectivity index (χ2n) is 10.3. The van der Waals surface area contributed by atoms with Crippen LogP contribution in [0.15, 0.2) is 116 Å². The average Bonchev–Trinajstić information content (AvgIpc) is 3.08. The van der Waals surface area contributed by atoms with E-state index in [9.17, 15) is 18.8 Å². The maximum absolute atomic E-state index is 14.5. The van der Waals surface area contributed by atoms with E-state index < -0.39 is 17.8 Å². The standard InChI is InChI=1S/C37H37FN2O5/c1-3-4-19-35(41)40(34-18-11-9-16-31(34)38)24-12-25-45-29-22-20-27(21-23-29)26-33(37(43)44-2)39-32-17-10-8-15-30(32)36(42)28-13-6-5-7-14-28/h3,5-11,13-18,20-23,33,39H,1,4,12,19,24-26H2,2H3/t33-/m0/s1. The minimum atomic E-state index is -0.741. The van der Waals surface area contributed by atoms with Gasteiger partial charge in [0.05, 0.1) is 19.4 Å². The quantitative estimate of drug-likeness (QED) is 0.0637. The minimum absolute atomic E-state index is 0.151. The van der Waals surface area contributed by atoms with Crippen molar-refractivity contribution in [2.75, 3.05) is 30.5 Å². The number of carbonyl (C=O) groups is 3. The molecule has 8 heteroatoms. The first-order chi connectivity index (χ1) is 21.9. The van der Waals surface area contributed by atoms with Crippen LogP contribution in [-0.2, 0) is 20.7 Å². The molecular formula is C37H37FN2O5. The highest BCUT2D eigenvalue weighted by atomic mass is 19.1. The Kier molecular flexibility index (Phi) is 12.0. The lowest BCUT2D eigenvalue weighted by atomic mass is 10.00. The molecule has 7 nitrogen and oxygen atoms in total. The molecule has 0 fully saturated rings. The Bertz CT molecular complexity index is 1590. The van der Waals surface area contributed by atoms with Crippen molar-refractivity contribution in [2.45, 2.75) is 31.7 Å². The van der Waals surface area contributed by atoms with Gasteiger partial charge in [0, 0.05) is 36.2 Å². The minimum Gasteiger partial charge on any atom is -0.494 e. The van der Waals surface area contributed by atoms with Crippen LogP contribution in [0.2, 0.25) is 0 Å². The molecule has 0 radical (unpaired) electrons. The number of carbonyl (C=O) groups excluding carboxylic acids is 3. The number of esters is 1. The summed E-state index contributed by atoms with van der Waals surface area (Å²) in [5.74, 6) is -0.617. The molecule has 4 aromatic carbocycles. The van der Waals surface area contributed by atoms with Crippen LogP contribution < -0.4 is 15.0 Å². The zero-order valence-electron chi connectivity index (χ0n) is 25.3. The molecule has 0 saturated heterocycles. The molecule has 4 aromatic rings. The van der Waals surface area contributed by atoms with Gasteiger partial charge in [-0.15, -0.1) is 6.58 Å². The van der Waals surface area contributed by atoms with Crippen LogP contribution in [0.4, 0.5) is 15.8 Å². The zero-order valence-corrected chi connectivity index (χ0v) is 25.3. The van der Waals surface area contributed by atoms with E-state index in [2.05, 4.69) is 11.9 Å². The van der Waals surface area contributed by atoms with Gasteiger partial charge in [-0.25, -0.2) is 9.18 Å². The number of halogens is 1. The zero-order chi connectivity index (χ0) is 32.0. The summed E-state index contributed by atoms with van der Waals surface area (Å²) >= 11 is 0. The topological polar surface area (TPSA) is 84.9 Å². The van der Waals surface area contributed by atoms with E-state index in [1.807, 2.05) is 18.2 Å². The van der Waals surface area contributed by atoms with Crippen LogP contribution in [0.1, 0.15) is 40.7 Å². The number of rotatable bonds is 16. The van der Waals surface area contributed by atoms with Gasteiger partial charge >= 0.3 is 5.97 Å². The fourth-order valence-electron chi connectivity index (χ4n) is 4.86. The number of ether oxygens (including phenoxy) is 2. The van der Waals surface area contributed by atoms with E-state index >= 15 is 0 Å². The maximum atomic E-state index is 14.5. The summed E-state index contributed by atoms with van der Waals surface area (Å²) in [6, 6.07) is 28.9. The van der Waals surface area contributed by atoms with Crippen molar-refractivity contribution in [3.63, 3.8) is 0 Å². The maximum Gasteiger partial charge on any atom is 0.328 e. The Labute approximate surface area is 263 Å². The molecule has 0 bridgehead atoms. The van der Waals surface area contributed by atoms with E-state index in [4.69, 9.17) is 9.47 Å². The predicted octanol–water partition coefficient (Wildman–Crippen LogP) is 7.02. The Hall–Kier alpha value is -5.24. The number of hydrogen-bond acceptors (Lipinski definition) is 6. The van der Waals surface area contributed by atoms with Crippen LogP contribution in [0, 0.1) is 5.82 Å². The van der Waals surface area contributed by atoms with E-state index in [1.165, 1.54) is 18.1 Å². The number of nitrogens with one attached hydrogen (secondary N) is 1. The number of hydrogen-bond donors (Lipinski definition) is 1. The molecule has 0 aromatic heterocycles. The first kappa shape index (κ1) is 32.7. The monoisotopic (exact) mass is 608 g/mol. The smallest absolute Gasteiger partial charge is 0.328 e. The summed E-state index contributed by atoms with van der Waals surface area (Å²) in [7, 11) is 1.33. The summed E-state index contributed by atoms with van der Waals surface area (Å²) in [4.78, 5) is 40.1. The third-order valence-electron chi connectivity index (χ3n) is 7.19. The Morgan fingerprint density at radius 3 is 2.31 bits per heavy atom. The highest BCUT2D eigenvalue weighted by Gasteiger charge is 2.23. The second kappa shape index (κ2) is 16.6. The van der Waals surface area contributed by atoms with Crippen LogP contribution in [0.3, 0.4) is 0 Å². The van der Waals surface area contributed by atoms with Crippen molar-refractivity contribution in [1.29, 1.82) is 0 Å². The van der Waals surface area contributed by atoms with E-state index in [0.29, 0.717) is 55.0 Å². The van der Waals surface area contributed by atoms with E-state index in [0.717, 1.165) is 5.56 Å². The van der Waals surface area contributed by atoms with Crippen LogP contribution in [0.25, 0.3) is 0 Å². The van der Waals surface area contributed by atoms with Crippen LogP contribution in [0.5, 0.6) is 5.75 Å². The molecule has 4 rings (SSSR count). The molecule has 0 aliphatic carbocycles. The van der Waals surface area contributed by atoms with Crippen molar-refractivity contribution < 1.29 is 28.2 Å². The first-order valence-corrected chi connectivity index (χ1v) is 14.8. The second-order valence-corrected chi connectivity index (χ2v) is 10.3. The van der Waals surface area contributed by atoms with Crippen LogP contribution in [-0.4, -0.2) is 44.0 Å². The fraction of sp³-hybridized carbons (Fsp3) is 0.216. The van der Waals surface area contributed by atoms with Gasteiger partial charge in [-0.05, 0) is 54.8 Å². The molecule has 0 aliphatic heterocycles. The number of anilines is 2. The SMILES string of the molecule is C=CCCC(=O)N(CCCOc1ccc(C[C@H](Nc2ccccc2C(=O)c2ccccc2)C(=O)OC)cc1)c1ccccc1F.